The second-order valence-electron chi connectivity index (χ2n) is 6.52. The Balaban J connectivity index is 1.61. The summed E-state index contributed by atoms with van der Waals surface area (Å²) in [5.41, 5.74) is 2.98. The van der Waals surface area contributed by atoms with Gasteiger partial charge in [0.1, 0.15) is 12.4 Å². The smallest absolute Gasteiger partial charge is 0.248 e. The molecule has 0 aliphatic carbocycles. The molecule has 0 saturated carbocycles. The highest BCUT2D eigenvalue weighted by Crippen LogP contribution is 2.28. The predicted octanol–water partition coefficient (Wildman–Crippen LogP) is 2.98. The van der Waals surface area contributed by atoms with Gasteiger partial charge in [0, 0.05) is 25.0 Å². The van der Waals surface area contributed by atoms with Crippen molar-refractivity contribution in [3.63, 3.8) is 0 Å². The van der Waals surface area contributed by atoms with Crippen LogP contribution in [0.2, 0.25) is 0 Å². The quantitative estimate of drug-likeness (QED) is 0.728. The Morgan fingerprint density at radius 2 is 2.00 bits per heavy atom. The van der Waals surface area contributed by atoms with Crippen LogP contribution in [-0.4, -0.2) is 38.0 Å². The molecular weight excluding hydrogens is 316 g/mol. The average Bonchev–Trinajstić information content (AvgIpc) is 3.22. The summed E-state index contributed by atoms with van der Waals surface area (Å²) in [5.74, 6) is 2.08. The van der Waals surface area contributed by atoms with Gasteiger partial charge in [-0.1, -0.05) is 5.16 Å². The van der Waals surface area contributed by atoms with E-state index in [4.69, 9.17) is 4.52 Å². The molecule has 0 atom stereocenters. The third-order valence-electron chi connectivity index (χ3n) is 4.54. The predicted molar refractivity (Wildman–Crippen MR) is 94.4 cm³/mol. The molecule has 130 valence electrons. The fourth-order valence-electron chi connectivity index (χ4n) is 3.32. The van der Waals surface area contributed by atoms with Crippen LogP contribution < -0.4 is 4.90 Å². The van der Waals surface area contributed by atoms with Crippen molar-refractivity contribution in [1.29, 1.82) is 0 Å². The molecule has 0 spiro atoms. The van der Waals surface area contributed by atoms with Crippen LogP contribution in [-0.2, 0) is 6.54 Å². The van der Waals surface area contributed by atoms with Crippen molar-refractivity contribution in [3.8, 4) is 11.4 Å². The molecule has 25 heavy (non-hydrogen) atoms. The lowest BCUT2D eigenvalue weighted by Gasteiger charge is -2.28. The fraction of sp³-hybridized carbons (Fsp3) is 0.444. The highest BCUT2D eigenvalue weighted by molar-refractivity contribution is 5.70. The average molecular weight is 338 g/mol. The van der Waals surface area contributed by atoms with Crippen LogP contribution in [0.25, 0.3) is 11.4 Å². The second kappa shape index (κ2) is 6.66. The Labute approximate surface area is 146 Å². The van der Waals surface area contributed by atoms with Gasteiger partial charge in [0.15, 0.2) is 0 Å². The molecule has 0 bridgehead atoms. The lowest BCUT2D eigenvalue weighted by atomic mass is 10.1. The molecule has 4 heterocycles. The van der Waals surface area contributed by atoms with Crippen LogP contribution in [0.15, 0.2) is 28.9 Å². The zero-order chi connectivity index (χ0) is 17.2. The number of pyridine rings is 1. The Morgan fingerprint density at radius 3 is 2.76 bits per heavy atom. The van der Waals surface area contributed by atoms with Gasteiger partial charge in [-0.15, -0.1) is 0 Å². The van der Waals surface area contributed by atoms with Crippen LogP contribution in [0.5, 0.6) is 0 Å². The lowest BCUT2D eigenvalue weighted by Crippen LogP contribution is -2.30. The molecule has 0 unspecified atom stereocenters. The number of hydrogen-bond acceptors (Lipinski definition) is 6. The van der Waals surface area contributed by atoms with Gasteiger partial charge in [-0.05, 0) is 51.3 Å². The van der Waals surface area contributed by atoms with Crippen LogP contribution >= 0.6 is 0 Å². The Bertz CT molecular complexity index is 862. The van der Waals surface area contributed by atoms with Gasteiger partial charge in [-0.25, -0.2) is 4.98 Å². The van der Waals surface area contributed by atoms with Gasteiger partial charge in [-0.2, -0.15) is 10.1 Å². The summed E-state index contributed by atoms with van der Waals surface area (Å²) in [6.07, 6.45) is 5.51. The lowest BCUT2D eigenvalue weighted by molar-refractivity contribution is 0.364. The molecule has 3 aromatic heterocycles. The minimum Gasteiger partial charge on any atom is -0.356 e. The Hall–Kier alpha value is -2.70. The summed E-state index contributed by atoms with van der Waals surface area (Å²) in [7, 11) is 0. The number of aromatic nitrogens is 5. The monoisotopic (exact) mass is 338 g/mol. The third-order valence-corrected chi connectivity index (χ3v) is 4.54. The molecule has 1 fully saturated rings. The maximum atomic E-state index is 5.46. The van der Waals surface area contributed by atoms with E-state index in [2.05, 4.69) is 25.1 Å². The van der Waals surface area contributed by atoms with E-state index in [9.17, 15) is 0 Å². The van der Waals surface area contributed by atoms with Gasteiger partial charge in [0.2, 0.25) is 11.7 Å². The van der Waals surface area contributed by atoms with Crippen LogP contribution in [0, 0.1) is 13.8 Å². The molecule has 1 saturated heterocycles. The Kier molecular flexibility index (Phi) is 4.21. The Morgan fingerprint density at radius 1 is 1.16 bits per heavy atom. The molecule has 1 aliphatic rings. The first-order valence-electron chi connectivity index (χ1n) is 8.75. The standard InChI is InChI=1S/C18H22N6O/c1-13-11-14(2)24(21-13)12-16-20-17(22-25-16)15-7-6-8-19-18(15)23-9-4-3-5-10-23/h6-8,11H,3-5,9-10,12H2,1-2H3. The van der Waals surface area contributed by atoms with E-state index >= 15 is 0 Å². The second-order valence-corrected chi connectivity index (χ2v) is 6.52. The first-order valence-corrected chi connectivity index (χ1v) is 8.75. The minimum absolute atomic E-state index is 0.478. The maximum Gasteiger partial charge on any atom is 0.248 e. The van der Waals surface area contributed by atoms with Crippen LogP contribution in [0.4, 0.5) is 5.82 Å². The van der Waals surface area contributed by atoms with Gasteiger partial charge in [-0.3, -0.25) is 4.68 Å². The van der Waals surface area contributed by atoms with E-state index in [1.165, 1.54) is 19.3 Å². The van der Waals surface area contributed by atoms with Gasteiger partial charge < -0.3 is 9.42 Å². The molecule has 0 aromatic carbocycles. The highest BCUT2D eigenvalue weighted by atomic mass is 16.5. The summed E-state index contributed by atoms with van der Waals surface area (Å²) < 4.78 is 7.34. The van der Waals surface area contributed by atoms with Crippen molar-refractivity contribution in [3.05, 3.63) is 41.7 Å². The van der Waals surface area contributed by atoms with Gasteiger partial charge in [0.25, 0.3) is 0 Å². The van der Waals surface area contributed by atoms with Crippen molar-refractivity contribution in [1.82, 2.24) is 24.9 Å². The summed E-state index contributed by atoms with van der Waals surface area (Å²) in [4.78, 5) is 11.5. The van der Waals surface area contributed by atoms with Crippen molar-refractivity contribution in [2.45, 2.75) is 39.7 Å². The molecular formula is C18H22N6O. The largest absolute Gasteiger partial charge is 0.356 e. The van der Waals surface area contributed by atoms with Crippen LogP contribution in [0.3, 0.4) is 0 Å². The summed E-state index contributed by atoms with van der Waals surface area (Å²) >= 11 is 0. The first kappa shape index (κ1) is 15.8. The van der Waals surface area contributed by atoms with E-state index in [1.54, 1.807) is 0 Å². The molecule has 0 radical (unpaired) electrons. The van der Waals surface area contributed by atoms with Crippen molar-refractivity contribution < 1.29 is 4.52 Å². The summed E-state index contributed by atoms with van der Waals surface area (Å²) in [5, 5.41) is 8.63. The molecule has 1 aliphatic heterocycles. The summed E-state index contributed by atoms with van der Waals surface area (Å²) in [6.45, 7) is 6.53. The number of rotatable bonds is 4. The highest BCUT2D eigenvalue weighted by Gasteiger charge is 2.20. The molecule has 7 nitrogen and oxygen atoms in total. The minimum atomic E-state index is 0.478. The van der Waals surface area contributed by atoms with Gasteiger partial charge in [0.05, 0.1) is 11.3 Å². The van der Waals surface area contributed by atoms with E-state index in [1.807, 2.05) is 42.9 Å². The summed E-state index contributed by atoms with van der Waals surface area (Å²) in [6, 6.07) is 5.96. The first-order chi connectivity index (χ1) is 12.2. The molecule has 0 N–H and O–H groups in total. The van der Waals surface area contributed by atoms with E-state index in [0.717, 1.165) is 35.9 Å². The number of anilines is 1. The van der Waals surface area contributed by atoms with E-state index in [0.29, 0.717) is 18.3 Å². The van der Waals surface area contributed by atoms with E-state index in [-0.39, 0.29) is 0 Å². The number of nitrogens with zero attached hydrogens (tertiary/aromatic N) is 6. The van der Waals surface area contributed by atoms with E-state index < -0.39 is 0 Å². The fourth-order valence-corrected chi connectivity index (χ4v) is 3.32. The van der Waals surface area contributed by atoms with Gasteiger partial charge >= 0.3 is 0 Å². The number of piperidine rings is 1. The third kappa shape index (κ3) is 3.26. The number of hydrogen-bond donors (Lipinski definition) is 0. The van der Waals surface area contributed by atoms with Crippen LogP contribution in [0.1, 0.15) is 36.5 Å². The van der Waals surface area contributed by atoms with Crippen molar-refractivity contribution in [2.75, 3.05) is 18.0 Å². The topological polar surface area (TPSA) is 72.9 Å². The SMILES string of the molecule is Cc1cc(C)n(Cc2nc(-c3cccnc3N3CCCCC3)no2)n1. The molecule has 3 aromatic rings. The molecule has 4 rings (SSSR count). The number of aryl methyl sites for hydroxylation is 2. The molecule has 7 heteroatoms. The normalized spacial score (nSPS) is 14.9. The maximum absolute atomic E-state index is 5.46. The molecule has 0 amide bonds. The zero-order valence-corrected chi connectivity index (χ0v) is 14.6. The zero-order valence-electron chi connectivity index (χ0n) is 14.6. The van der Waals surface area contributed by atoms with Crippen molar-refractivity contribution >= 4 is 5.82 Å². The van der Waals surface area contributed by atoms with Crippen molar-refractivity contribution in [2.24, 2.45) is 0 Å².